The van der Waals surface area contributed by atoms with E-state index >= 15 is 0 Å². The number of hydrogen-bond acceptors (Lipinski definition) is 5. The molecule has 0 saturated carbocycles. The molecule has 0 spiro atoms. The second-order valence-electron chi connectivity index (χ2n) is 6.75. The summed E-state index contributed by atoms with van der Waals surface area (Å²) in [6.07, 6.45) is 3.92. The van der Waals surface area contributed by atoms with Gasteiger partial charge in [-0.05, 0) is 30.9 Å². The summed E-state index contributed by atoms with van der Waals surface area (Å²) < 4.78 is 5.47. The molecule has 0 aromatic carbocycles. The molecule has 6 heteroatoms. The van der Waals surface area contributed by atoms with Gasteiger partial charge in [-0.2, -0.15) is 0 Å². The van der Waals surface area contributed by atoms with E-state index in [2.05, 4.69) is 20.9 Å². The summed E-state index contributed by atoms with van der Waals surface area (Å²) in [5.74, 6) is -0.297. The zero-order chi connectivity index (χ0) is 16.8. The highest BCUT2D eigenvalue weighted by Gasteiger charge is 2.34. The summed E-state index contributed by atoms with van der Waals surface area (Å²) in [7, 11) is 0. The molecule has 0 radical (unpaired) electrons. The molecule has 1 aromatic rings. The van der Waals surface area contributed by atoms with Gasteiger partial charge >= 0.3 is 5.97 Å². The Kier molecular flexibility index (Phi) is 6.18. The average molecular weight is 333 g/mol. The molecule has 0 unspecified atom stereocenters. The fourth-order valence-corrected chi connectivity index (χ4v) is 3.94. The quantitative estimate of drug-likeness (QED) is 0.850. The van der Waals surface area contributed by atoms with Crippen molar-refractivity contribution >= 4 is 5.97 Å². The van der Waals surface area contributed by atoms with Crippen molar-refractivity contribution in [1.82, 2.24) is 14.8 Å². The third-order valence-corrected chi connectivity index (χ3v) is 5.13. The van der Waals surface area contributed by atoms with E-state index in [1.54, 1.807) is 0 Å². The van der Waals surface area contributed by atoms with Crippen LogP contribution in [0.1, 0.15) is 25.0 Å². The average Bonchev–Trinajstić information content (AvgIpc) is 2.62. The highest BCUT2D eigenvalue weighted by Crippen LogP contribution is 2.27. The monoisotopic (exact) mass is 333 g/mol. The van der Waals surface area contributed by atoms with Crippen molar-refractivity contribution in [2.24, 2.45) is 5.92 Å². The van der Waals surface area contributed by atoms with Crippen molar-refractivity contribution < 1.29 is 14.6 Å². The number of carbonyl (C=O) groups is 1. The van der Waals surface area contributed by atoms with E-state index in [0.717, 1.165) is 64.5 Å². The molecule has 2 atom stereocenters. The fourth-order valence-electron chi connectivity index (χ4n) is 3.94. The third kappa shape index (κ3) is 4.75. The standard InChI is InChI=1S/C18H27N3O3/c22-18(23)5-4-15-13-20(14-16-3-1-2-7-19-16)8-6-17(15)21-9-11-24-12-10-21/h1-3,7,15,17H,4-6,8-14H2,(H,22,23)/t15-,17+/m0/s1. The molecular formula is C18H27N3O3. The Labute approximate surface area is 143 Å². The molecule has 2 fully saturated rings. The van der Waals surface area contributed by atoms with Gasteiger partial charge < -0.3 is 9.84 Å². The van der Waals surface area contributed by atoms with E-state index in [1.165, 1.54) is 0 Å². The van der Waals surface area contributed by atoms with Gasteiger partial charge in [-0.3, -0.25) is 19.6 Å². The predicted molar refractivity (Wildman–Crippen MR) is 90.7 cm³/mol. The van der Waals surface area contributed by atoms with Crippen molar-refractivity contribution in [1.29, 1.82) is 0 Å². The lowest BCUT2D eigenvalue weighted by atomic mass is 9.86. The Morgan fingerprint density at radius 3 is 2.83 bits per heavy atom. The summed E-state index contributed by atoms with van der Waals surface area (Å²) in [5.41, 5.74) is 1.08. The number of carboxylic acids is 1. The van der Waals surface area contributed by atoms with Gasteiger partial charge in [-0.1, -0.05) is 6.07 Å². The fraction of sp³-hybridized carbons (Fsp3) is 0.667. The van der Waals surface area contributed by atoms with Crippen LogP contribution in [0, 0.1) is 5.92 Å². The zero-order valence-electron chi connectivity index (χ0n) is 14.1. The Morgan fingerprint density at radius 1 is 1.29 bits per heavy atom. The maximum Gasteiger partial charge on any atom is 0.303 e. The van der Waals surface area contributed by atoms with Crippen molar-refractivity contribution in [3.05, 3.63) is 30.1 Å². The molecular weight excluding hydrogens is 306 g/mol. The topological polar surface area (TPSA) is 65.9 Å². The first-order chi connectivity index (χ1) is 11.7. The van der Waals surface area contributed by atoms with E-state index < -0.39 is 5.97 Å². The van der Waals surface area contributed by atoms with Crippen LogP contribution in [-0.2, 0) is 16.1 Å². The van der Waals surface area contributed by atoms with Crippen LogP contribution in [0.5, 0.6) is 0 Å². The van der Waals surface area contributed by atoms with Crippen LogP contribution in [0.25, 0.3) is 0 Å². The summed E-state index contributed by atoms with van der Waals surface area (Å²) in [5, 5.41) is 9.08. The third-order valence-electron chi connectivity index (χ3n) is 5.13. The number of aliphatic carboxylic acids is 1. The van der Waals surface area contributed by atoms with Crippen LogP contribution < -0.4 is 0 Å². The summed E-state index contributed by atoms with van der Waals surface area (Å²) >= 11 is 0. The molecule has 24 heavy (non-hydrogen) atoms. The number of piperidine rings is 1. The number of nitrogens with zero attached hydrogens (tertiary/aromatic N) is 3. The number of carboxylic acid groups (broad SMARTS) is 1. The summed E-state index contributed by atoms with van der Waals surface area (Å²) in [4.78, 5) is 20.4. The van der Waals surface area contributed by atoms with Gasteiger partial charge in [0.25, 0.3) is 0 Å². The molecule has 1 N–H and O–H groups in total. The molecule has 6 nitrogen and oxygen atoms in total. The minimum Gasteiger partial charge on any atom is -0.481 e. The molecule has 0 aliphatic carbocycles. The van der Waals surface area contributed by atoms with Crippen LogP contribution in [-0.4, -0.2) is 71.3 Å². The van der Waals surface area contributed by atoms with E-state index in [4.69, 9.17) is 9.84 Å². The molecule has 3 heterocycles. The molecule has 1 aromatic heterocycles. The molecule has 0 amide bonds. The van der Waals surface area contributed by atoms with Crippen LogP contribution in [0.15, 0.2) is 24.4 Å². The first-order valence-electron chi connectivity index (χ1n) is 8.88. The first-order valence-corrected chi connectivity index (χ1v) is 8.88. The molecule has 3 rings (SSSR count). The van der Waals surface area contributed by atoms with Crippen LogP contribution >= 0.6 is 0 Å². The Balaban J connectivity index is 1.62. The highest BCUT2D eigenvalue weighted by atomic mass is 16.5. The number of rotatable bonds is 6. The van der Waals surface area contributed by atoms with Gasteiger partial charge in [0.2, 0.25) is 0 Å². The van der Waals surface area contributed by atoms with E-state index in [-0.39, 0.29) is 6.42 Å². The number of morpholine rings is 1. The normalized spacial score (nSPS) is 26.3. The Morgan fingerprint density at radius 2 is 2.12 bits per heavy atom. The van der Waals surface area contributed by atoms with Crippen molar-refractivity contribution in [3.8, 4) is 0 Å². The van der Waals surface area contributed by atoms with Crippen molar-refractivity contribution in [3.63, 3.8) is 0 Å². The minimum atomic E-state index is -0.697. The van der Waals surface area contributed by atoms with Gasteiger partial charge in [-0.25, -0.2) is 0 Å². The van der Waals surface area contributed by atoms with Gasteiger partial charge in [0, 0.05) is 51.4 Å². The molecule has 0 bridgehead atoms. The summed E-state index contributed by atoms with van der Waals surface area (Å²) in [6.45, 7) is 6.36. The van der Waals surface area contributed by atoms with Gasteiger partial charge in [0.05, 0.1) is 18.9 Å². The molecule has 132 valence electrons. The molecule has 2 aliphatic rings. The lowest BCUT2D eigenvalue weighted by molar-refractivity contribution is -0.137. The smallest absolute Gasteiger partial charge is 0.303 e. The van der Waals surface area contributed by atoms with E-state index in [0.29, 0.717) is 12.0 Å². The number of ether oxygens (including phenoxy) is 1. The predicted octanol–water partition coefficient (Wildman–Crippen LogP) is 1.47. The molecule has 2 aliphatic heterocycles. The largest absolute Gasteiger partial charge is 0.481 e. The Hall–Kier alpha value is -1.50. The lowest BCUT2D eigenvalue weighted by Gasteiger charge is -2.45. The number of pyridine rings is 1. The first kappa shape index (κ1) is 17.3. The minimum absolute atomic E-state index is 0.253. The maximum absolute atomic E-state index is 11.0. The SMILES string of the molecule is O=C(O)CC[C@H]1CN(Cc2ccccn2)CC[C@H]1N1CCOCC1. The van der Waals surface area contributed by atoms with Crippen molar-refractivity contribution in [2.75, 3.05) is 39.4 Å². The molecule has 2 saturated heterocycles. The second-order valence-corrected chi connectivity index (χ2v) is 6.75. The van der Waals surface area contributed by atoms with Crippen molar-refractivity contribution in [2.45, 2.75) is 31.8 Å². The summed E-state index contributed by atoms with van der Waals surface area (Å²) in [6, 6.07) is 6.49. The number of aromatic nitrogens is 1. The van der Waals surface area contributed by atoms with E-state index in [9.17, 15) is 4.79 Å². The highest BCUT2D eigenvalue weighted by molar-refractivity contribution is 5.66. The van der Waals surface area contributed by atoms with Crippen LogP contribution in [0.4, 0.5) is 0 Å². The number of likely N-dealkylation sites (tertiary alicyclic amines) is 1. The number of hydrogen-bond donors (Lipinski definition) is 1. The van der Waals surface area contributed by atoms with Crippen LogP contribution in [0.2, 0.25) is 0 Å². The lowest BCUT2D eigenvalue weighted by Crippen LogP contribution is -2.53. The van der Waals surface area contributed by atoms with Gasteiger partial charge in [0.15, 0.2) is 0 Å². The van der Waals surface area contributed by atoms with E-state index in [1.807, 2.05) is 18.3 Å². The van der Waals surface area contributed by atoms with Crippen LogP contribution in [0.3, 0.4) is 0 Å². The maximum atomic E-state index is 11.0. The van der Waals surface area contributed by atoms with Gasteiger partial charge in [0.1, 0.15) is 0 Å². The van der Waals surface area contributed by atoms with Gasteiger partial charge in [-0.15, -0.1) is 0 Å². The zero-order valence-corrected chi connectivity index (χ0v) is 14.1. The second kappa shape index (κ2) is 8.55. The Bertz CT molecular complexity index is 520.